The number of aromatic nitrogens is 4. The van der Waals surface area contributed by atoms with Gasteiger partial charge < -0.3 is 4.90 Å². The molecule has 0 N–H and O–H groups in total. The number of aryl methyl sites for hydroxylation is 1. The Bertz CT molecular complexity index is 1150. The van der Waals surface area contributed by atoms with Crippen molar-refractivity contribution in [1.82, 2.24) is 24.5 Å². The lowest BCUT2D eigenvalue weighted by atomic mass is 10.1. The van der Waals surface area contributed by atoms with Crippen LogP contribution >= 0.6 is 11.6 Å². The Balaban J connectivity index is 1.70. The van der Waals surface area contributed by atoms with Crippen LogP contribution in [0.3, 0.4) is 0 Å². The van der Waals surface area contributed by atoms with Crippen molar-refractivity contribution >= 4 is 17.5 Å². The topological polar surface area (TPSA) is 56.0 Å². The maximum Gasteiger partial charge on any atom is 0.257 e. The lowest BCUT2D eigenvalue weighted by Crippen LogP contribution is -2.26. The Kier molecular flexibility index (Phi) is 5.68. The van der Waals surface area contributed by atoms with Gasteiger partial charge in [-0.25, -0.2) is 4.68 Å². The first-order valence-corrected chi connectivity index (χ1v) is 10.1. The van der Waals surface area contributed by atoms with Gasteiger partial charge in [0.15, 0.2) is 0 Å². The minimum atomic E-state index is -0.141. The number of amides is 1. The molecule has 4 aromatic rings. The molecule has 0 aliphatic carbocycles. The maximum absolute atomic E-state index is 13.4. The van der Waals surface area contributed by atoms with Crippen LogP contribution < -0.4 is 0 Å². The highest BCUT2D eigenvalue weighted by atomic mass is 35.5. The molecule has 1 amide bonds. The standard InChI is InChI=1S/C23H22ClN5O/c1-3-28-15-20(24)21(25-28)16-27(2)23(30)19-14-29(18-12-8-5-9-13-18)26-22(19)17-10-6-4-7-11-17/h4-15H,3,16H2,1-2H3. The fourth-order valence-corrected chi connectivity index (χ4v) is 3.47. The molecule has 152 valence electrons. The molecular weight excluding hydrogens is 398 g/mol. The van der Waals surface area contributed by atoms with E-state index in [1.807, 2.05) is 67.6 Å². The van der Waals surface area contributed by atoms with Crippen molar-refractivity contribution in [1.29, 1.82) is 0 Å². The highest BCUT2D eigenvalue weighted by Gasteiger charge is 2.23. The van der Waals surface area contributed by atoms with Crippen molar-refractivity contribution in [3.63, 3.8) is 0 Å². The summed E-state index contributed by atoms with van der Waals surface area (Å²) in [6.45, 7) is 3.03. The van der Waals surface area contributed by atoms with Crippen molar-refractivity contribution in [3.8, 4) is 16.9 Å². The summed E-state index contributed by atoms with van der Waals surface area (Å²) in [5.74, 6) is -0.141. The number of halogens is 1. The molecule has 0 aliphatic rings. The number of carbonyl (C=O) groups excluding carboxylic acids is 1. The Morgan fingerprint density at radius 2 is 1.67 bits per heavy atom. The lowest BCUT2D eigenvalue weighted by molar-refractivity contribution is 0.0784. The molecule has 0 atom stereocenters. The minimum Gasteiger partial charge on any atom is -0.336 e. The van der Waals surface area contributed by atoms with Crippen molar-refractivity contribution < 1.29 is 4.79 Å². The minimum absolute atomic E-state index is 0.141. The van der Waals surface area contributed by atoms with E-state index in [0.717, 1.165) is 17.8 Å². The number of benzene rings is 2. The molecule has 0 saturated heterocycles. The highest BCUT2D eigenvalue weighted by Crippen LogP contribution is 2.25. The fraction of sp³-hybridized carbons (Fsp3) is 0.174. The first-order valence-electron chi connectivity index (χ1n) is 9.74. The number of carbonyl (C=O) groups is 1. The van der Waals surface area contributed by atoms with Crippen LogP contribution in [0.1, 0.15) is 23.0 Å². The van der Waals surface area contributed by atoms with Crippen molar-refractivity contribution in [2.24, 2.45) is 0 Å². The molecule has 2 aromatic heterocycles. The first kappa shape index (κ1) is 19.9. The Labute approximate surface area is 180 Å². The van der Waals surface area contributed by atoms with Gasteiger partial charge in [0.2, 0.25) is 0 Å². The van der Waals surface area contributed by atoms with Gasteiger partial charge in [0.05, 0.1) is 22.8 Å². The van der Waals surface area contributed by atoms with E-state index >= 15 is 0 Å². The molecule has 0 fully saturated rings. The highest BCUT2D eigenvalue weighted by molar-refractivity contribution is 6.31. The average molecular weight is 420 g/mol. The third-order valence-electron chi connectivity index (χ3n) is 4.86. The normalized spacial score (nSPS) is 10.9. The number of hydrogen-bond donors (Lipinski definition) is 0. The number of para-hydroxylation sites is 1. The third kappa shape index (κ3) is 4.00. The van der Waals surface area contributed by atoms with Crippen molar-refractivity contribution in [3.05, 3.63) is 89.3 Å². The van der Waals surface area contributed by atoms with Crippen molar-refractivity contribution in [2.75, 3.05) is 7.05 Å². The largest absolute Gasteiger partial charge is 0.336 e. The molecule has 0 bridgehead atoms. The van der Waals surface area contributed by atoms with Crippen LogP contribution in [0.4, 0.5) is 0 Å². The summed E-state index contributed by atoms with van der Waals surface area (Å²) in [7, 11) is 1.75. The summed E-state index contributed by atoms with van der Waals surface area (Å²) >= 11 is 6.29. The van der Waals surface area contributed by atoms with Crippen LogP contribution in [-0.2, 0) is 13.1 Å². The summed E-state index contributed by atoms with van der Waals surface area (Å²) in [6.07, 6.45) is 3.56. The molecular formula is C23H22ClN5O. The van der Waals surface area contributed by atoms with Gasteiger partial charge in [-0.3, -0.25) is 9.48 Å². The zero-order valence-electron chi connectivity index (χ0n) is 16.9. The zero-order valence-corrected chi connectivity index (χ0v) is 17.6. The van der Waals surface area contributed by atoms with E-state index < -0.39 is 0 Å². The molecule has 30 heavy (non-hydrogen) atoms. The van der Waals surface area contributed by atoms with Crippen molar-refractivity contribution in [2.45, 2.75) is 20.0 Å². The Morgan fingerprint density at radius 3 is 2.30 bits per heavy atom. The molecule has 0 radical (unpaired) electrons. The second kappa shape index (κ2) is 8.55. The van der Waals surface area contributed by atoms with E-state index in [4.69, 9.17) is 16.7 Å². The Hall–Kier alpha value is -3.38. The van der Waals surface area contributed by atoms with Crippen LogP contribution in [-0.4, -0.2) is 37.4 Å². The van der Waals surface area contributed by atoms with E-state index in [2.05, 4.69) is 5.10 Å². The number of nitrogens with zero attached hydrogens (tertiary/aromatic N) is 5. The first-order chi connectivity index (χ1) is 14.6. The molecule has 0 spiro atoms. The SMILES string of the molecule is CCn1cc(Cl)c(CN(C)C(=O)c2cn(-c3ccccc3)nc2-c2ccccc2)n1. The second-order valence-corrected chi connectivity index (χ2v) is 7.39. The molecule has 0 aliphatic heterocycles. The van der Waals surface area contributed by atoms with Gasteiger partial charge in [0.1, 0.15) is 11.4 Å². The lowest BCUT2D eigenvalue weighted by Gasteiger charge is -2.16. The molecule has 0 unspecified atom stereocenters. The Morgan fingerprint density at radius 1 is 1.00 bits per heavy atom. The van der Waals surface area contributed by atoms with Gasteiger partial charge in [-0.05, 0) is 19.1 Å². The van der Waals surface area contributed by atoms with E-state index in [9.17, 15) is 4.79 Å². The van der Waals surface area contributed by atoms with E-state index in [1.54, 1.807) is 33.7 Å². The summed E-state index contributed by atoms with van der Waals surface area (Å²) in [4.78, 5) is 15.0. The van der Waals surface area contributed by atoms with E-state index in [-0.39, 0.29) is 5.91 Å². The quantitative estimate of drug-likeness (QED) is 0.456. The maximum atomic E-state index is 13.4. The smallest absolute Gasteiger partial charge is 0.257 e. The average Bonchev–Trinajstić information content (AvgIpc) is 3.38. The summed E-state index contributed by atoms with van der Waals surface area (Å²) in [6, 6.07) is 19.5. The molecule has 4 rings (SSSR count). The van der Waals surface area contributed by atoms with Crippen LogP contribution in [0.15, 0.2) is 73.1 Å². The van der Waals surface area contributed by atoms with E-state index in [1.165, 1.54) is 0 Å². The van der Waals surface area contributed by atoms with Gasteiger partial charge in [-0.1, -0.05) is 60.1 Å². The predicted molar refractivity (Wildman–Crippen MR) is 118 cm³/mol. The molecule has 2 heterocycles. The van der Waals surface area contributed by atoms with Gasteiger partial charge in [-0.2, -0.15) is 10.2 Å². The van der Waals surface area contributed by atoms with Gasteiger partial charge in [-0.15, -0.1) is 0 Å². The van der Waals surface area contributed by atoms with Crippen LogP contribution in [0.25, 0.3) is 16.9 Å². The van der Waals surface area contributed by atoms with Gasteiger partial charge >= 0.3 is 0 Å². The summed E-state index contributed by atoms with van der Waals surface area (Å²) < 4.78 is 3.50. The van der Waals surface area contributed by atoms with E-state index in [0.29, 0.717) is 28.5 Å². The van der Waals surface area contributed by atoms with Gasteiger partial charge in [0.25, 0.3) is 5.91 Å². The van der Waals surface area contributed by atoms with Crippen LogP contribution in [0, 0.1) is 0 Å². The third-order valence-corrected chi connectivity index (χ3v) is 5.17. The molecule has 6 nitrogen and oxygen atoms in total. The van der Waals surface area contributed by atoms with Crippen LogP contribution in [0.2, 0.25) is 5.02 Å². The molecule has 7 heteroatoms. The number of hydrogen-bond acceptors (Lipinski definition) is 3. The molecule has 0 saturated carbocycles. The summed E-state index contributed by atoms with van der Waals surface area (Å²) in [5.41, 5.74) is 3.62. The van der Waals surface area contributed by atoms with Gasteiger partial charge in [0, 0.05) is 31.5 Å². The fourth-order valence-electron chi connectivity index (χ4n) is 3.26. The summed E-state index contributed by atoms with van der Waals surface area (Å²) in [5, 5.41) is 9.72. The predicted octanol–water partition coefficient (Wildman–Crippen LogP) is 4.68. The number of rotatable bonds is 6. The monoisotopic (exact) mass is 419 g/mol. The molecule has 2 aromatic carbocycles. The van der Waals surface area contributed by atoms with Crippen LogP contribution in [0.5, 0.6) is 0 Å². The zero-order chi connectivity index (χ0) is 21.1. The second-order valence-electron chi connectivity index (χ2n) is 6.98.